The van der Waals surface area contributed by atoms with Gasteiger partial charge in [0.1, 0.15) is 0 Å². The standard InChI is InChI=1S/C56H48N2/c1-35-30-42(31-36(2)54(35)40-26-28-52-47(33-40)45-22-14-16-24-50(45)57(52)43-18-10-8-11-19-43)56(6,7)49-32-37(3)55(39(5)38(49)4)41-27-29-53-48(34-41)46-23-15-17-25-51(46)58(53)44-20-12-9-13-21-44/h8-34H,1-7H3. The van der Waals surface area contributed by atoms with Crippen molar-refractivity contribution in [2.24, 2.45) is 0 Å². The molecule has 0 aliphatic rings. The van der Waals surface area contributed by atoms with Crippen molar-refractivity contribution in [3.05, 3.63) is 203 Å². The minimum absolute atomic E-state index is 0.202. The van der Waals surface area contributed by atoms with Gasteiger partial charge < -0.3 is 9.13 Å². The summed E-state index contributed by atoms with van der Waals surface area (Å²) in [7, 11) is 0. The molecular formula is C56H48N2. The van der Waals surface area contributed by atoms with Crippen LogP contribution in [0.2, 0.25) is 0 Å². The van der Waals surface area contributed by atoms with Gasteiger partial charge in [-0.15, -0.1) is 0 Å². The molecule has 0 spiro atoms. The van der Waals surface area contributed by atoms with Crippen molar-refractivity contribution >= 4 is 43.6 Å². The summed E-state index contributed by atoms with van der Waals surface area (Å²) < 4.78 is 4.78. The van der Waals surface area contributed by atoms with Crippen molar-refractivity contribution in [1.82, 2.24) is 9.13 Å². The zero-order chi connectivity index (χ0) is 39.9. The van der Waals surface area contributed by atoms with Crippen LogP contribution in [0.3, 0.4) is 0 Å². The molecule has 0 aliphatic carbocycles. The number of para-hydroxylation sites is 4. The predicted octanol–water partition coefficient (Wildman–Crippen LogP) is 15.1. The van der Waals surface area contributed by atoms with E-state index in [9.17, 15) is 0 Å². The molecule has 0 unspecified atom stereocenters. The first kappa shape index (κ1) is 35.8. The molecule has 0 fully saturated rings. The van der Waals surface area contributed by atoms with Gasteiger partial charge in [0, 0.05) is 38.3 Å². The maximum Gasteiger partial charge on any atom is 0.0541 e. The summed E-state index contributed by atoms with van der Waals surface area (Å²) in [4.78, 5) is 0. The van der Waals surface area contributed by atoms with Crippen molar-refractivity contribution in [2.75, 3.05) is 0 Å². The molecule has 0 aliphatic heterocycles. The molecule has 2 aromatic heterocycles. The third-order valence-electron chi connectivity index (χ3n) is 13.0. The van der Waals surface area contributed by atoms with Crippen LogP contribution in [0, 0.1) is 34.6 Å². The van der Waals surface area contributed by atoms with Gasteiger partial charge in [-0.1, -0.05) is 117 Å². The Morgan fingerprint density at radius 2 is 0.776 bits per heavy atom. The van der Waals surface area contributed by atoms with Gasteiger partial charge in [-0.05, 0) is 156 Å². The molecule has 0 atom stereocenters. The second kappa shape index (κ2) is 13.5. The van der Waals surface area contributed by atoms with Crippen molar-refractivity contribution in [3.8, 4) is 33.6 Å². The molecule has 2 heterocycles. The van der Waals surface area contributed by atoms with E-state index in [0.717, 1.165) is 0 Å². The summed E-state index contributed by atoms with van der Waals surface area (Å²) in [5.74, 6) is 0. The van der Waals surface area contributed by atoms with Crippen LogP contribution in [0.4, 0.5) is 0 Å². The average Bonchev–Trinajstić information content (AvgIpc) is 3.75. The van der Waals surface area contributed by atoms with Gasteiger partial charge in [0.05, 0.1) is 22.1 Å². The molecule has 0 radical (unpaired) electrons. The number of nitrogens with zero attached hydrogens (tertiary/aromatic N) is 2. The molecule has 8 aromatic carbocycles. The van der Waals surface area contributed by atoms with Crippen LogP contribution in [0.5, 0.6) is 0 Å². The number of fused-ring (bicyclic) bond motifs is 6. The molecule has 10 aromatic rings. The van der Waals surface area contributed by atoms with E-state index in [-0.39, 0.29) is 5.41 Å². The number of hydrogen-bond acceptors (Lipinski definition) is 0. The normalized spacial score (nSPS) is 12.1. The predicted molar refractivity (Wildman–Crippen MR) is 248 cm³/mol. The number of aryl methyl sites for hydroxylation is 3. The van der Waals surface area contributed by atoms with Gasteiger partial charge in [0.2, 0.25) is 0 Å². The van der Waals surface area contributed by atoms with Crippen LogP contribution in [0.25, 0.3) is 77.2 Å². The van der Waals surface area contributed by atoms with Crippen LogP contribution in [0.15, 0.2) is 164 Å². The fourth-order valence-electron chi connectivity index (χ4n) is 10.1. The Labute approximate surface area is 341 Å². The summed E-state index contributed by atoms with van der Waals surface area (Å²) in [5.41, 5.74) is 21.6. The Hall–Kier alpha value is -6.64. The van der Waals surface area contributed by atoms with Gasteiger partial charge in [-0.2, -0.15) is 0 Å². The van der Waals surface area contributed by atoms with Crippen molar-refractivity contribution in [2.45, 2.75) is 53.9 Å². The molecule has 282 valence electrons. The van der Waals surface area contributed by atoms with E-state index in [1.54, 1.807) is 0 Å². The maximum atomic E-state index is 2.46. The summed E-state index contributed by atoms with van der Waals surface area (Å²) in [6, 6.07) is 60.4. The first-order valence-electron chi connectivity index (χ1n) is 20.5. The first-order chi connectivity index (χ1) is 28.1. The second-order valence-corrected chi connectivity index (χ2v) is 16.8. The minimum atomic E-state index is -0.202. The van der Waals surface area contributed by atoms with E-state index in [2.05, 4.69) is 221 Å². The third-order valence-corrected chi connectivity index (χ3v) is 13.0. The Morgan fingerprint density at radius 3 is 1.28 bits per heavy atom. The quantitative estimate of drug-likeness (QED) is 0.160. The lowest BCUT2D eigenvalue weighted by atomic mass is 9.72. The number of benzene rings is 8. The molecule has 0 saturated heterocycles. The van der Waals surface area contributed by atoms with Crippen LogP contribution in [-0.2, 0) is 5.41 Å². The van der Waals surface area contributed by atoms with Crippen molar-refractivity contribution in [1.29, 1.82) is 0 Å². The third kappa shape index (κ3) is 5.46. The summed E-state index contributed by atoms with van der Waals surface area (Å²) >= 11 is 0. The van der Waals surface area contributed by atoms with Gasteiger partial charge in [-0.25, -0.2) is 0 Å². The highest BCUT2D eigenvalue weighted by atomic mass is 15.0. The lowest BCUT2D eigenvalue weighted by Crippen LogP contribution is -2.22. The average molecular weight is 749 g/mol. The molecule has 2 nitrogen and oxygen atoms in total. The highest BCUT2D eigenvalue weighted by Crippen LogP contribution is 2.44. The number of hydrogen-bond donors (Lipinski definition) is 0. The molecule has 0 bridgehead atoms. The van der Waals surface area contributed by atoms with Gasteiger partial charge in [0.25, 0.3) is 0 Å². The van der Waals surface area contributed by atoms with Crippen LogP contribution < -0.4 is 0 Å². The van der Waals surface area contributed by atoms with Gasteiger partial charge in [0.15, 0.2) is 0 Å². The van der Waals surface area contributed by atoms with E-state index >= 15 is 0 Å². The second-order valence-electron chi connectivity index (χ2n) is 16.8. The maximum absolute atomic E-state index is 2.46. The summed E-state index contributed by atoms with van der Waals surface area (Å²) in [6.07, 6.45) is 0. The van der Waals surface area contributed by atoms with Crippen molar-refractivity contribution in [3.63, 3.8) is 0 Å². The zero-order valence-electron chi connectivity index (χ0n) is 34.5. The Kier molecular flexibility index (Phi) is 8.32. The molecule has 0 amide bonds. The Balaban J connectivity index is 1.04. The lowest BCUT2D eigenvalue weighted by molar-refractivity contribution is 0.633. The monoisotopic (exact) mass is 748 g/mol. The number of rotatable bonds is 6. The highest BCUT2D eigenvalue weighted by molar-refractivity contribution is 6.11. The van der Waals surface area contributed by atoms with E-state index in [1.165, 1.54) is 116 Å². The lowest BCUT2D eigenvalue weighted by Gasteiger charge is -2.32. The number of aromatic nitrogens is 2. The zero-order valence-corrected chi connectivity index (χ0v) is 34.5. The largest absolute Gasteiger partial charge is 0.309 e. The Morgan fingerprint density at radius 1 is 0.362 bits per heavy atom. The minimum Gasteiger partial charge on any atom is -0.309 e. The molecule has 0 N–H and O–H groups in total. The topological polar surface area (TPSA) is 9.86 Å². The van der Waals surface area contributed by atoms with Gasteiger partial charge >= 0.3 is 0 Å². The van der Waals surface area contributed by atoms with E-state index in [0.29, 0.717) is 0 Å². The molecular weight excluding hydrogens is 701 g/mol. The van der Waals surface area contributed by atoms with E-state index in [4.69, 9.17) is 0 Å². The highest BCUT2D eigenvalue weighted by Gasteiger charge is 2.29. The smallest absolute Gasteiger partial charge is 0.0541 e. The van der Waals surface area contributed by atoms with Crippen LogP contribution in [-0.4, -0.2) is 9.13 Å². The SMILES string of the molecule is Cc1cc(C(C)(C)c2cc(C)c(-c3ccc4c(c3)c3ccccc3n4-c3ccccc3)c(C)c2C)cc(C)c1-c1ccc2c(c1)c1ccccc1n2-c1ccccc1. The first-order valence-corrected chi connectivity index (χ1v) is 20.5. The summed E-state index contributed by atoms with van der Waals surface area (Å²) in [6.45, 7) is 16.3. The molecule has 0 saturated carbocycles. The Bertz CT molecular complexity index is 3200. The fourth-order valence-corrected chi connectivity index (χ4v) is 10.1. The van der Waals surface area contributed by atoms with Crippen molar-refractivity contribution < 1.29 is 0 Å². The van der Waals surface area contributed by atoms with Gasteiger partial charge in [-0.3, -0.25) is 0 Å². The van der Waals surface area contributed by atoms with Crippen LogP contribution >= 0.6 is 0 Å². The molecule has 58 heavy (non-hydrogen) atoms. The molecule has 10 rings (SSSR count). The van der Waals surface area contributed by atoms with E-state index < -0.39 is 0 Å². The van der Waals surface area contributed by atoms with E-state index in [1.807, 2.05) is 0 Å². The molecule has 2 heteroatoms. The fraction of sp³-hybridized carbons (Fsp3) is 0.143. The summed E-state index contributed by atoms with van der Waals surface area (Å²) in [5, 5.41) is 5.12. The van der Waals surface area contributed by atoms with Crippen LogP contribution in [0.1, 0.15) is 52.8 Å².